The summed E-state index contributed by atoms with van der Waals surface area (Å²) in [7, 11) is -4.18. The van der Waals surface area contributed by atoms with Crippen LogP contribution in [0.2, 0.25) is 0 Å². The van der Waals surface area contributed by atoms with Gasteiger partial charge in [0.15, 0.2) is 0 Å². The summed E-state index contributed by atoms with van der Waals surface area (Å²) in [4.78, 5) is 25.6. The van der Waals surface area contributed by atoms with E-state index in [0.717, 1.165) is 44.8 Å². The molecule has 4 bridgehead atoms. The third kappa shape index (κ3) is 7.14. The number of sulfonamides is 1. The maximum absolute atomic E-state index is 14.7. The van der Waals surface area contributed by atoms with E-state index in [-0.39, 0.29) is 40.2 Å². The molecule has 2 aromatic heterocycles. The van der Waals surface area contributed by atoms with Gasteiger partial charge < -0.3 is 9.64 Å². The van der Waals surface area contributed by atoms with Gasteiger partial charge >= 0.3 is 0 Å². The summed E-state index contributed by atoms with van der Waals surface area (Å²) >= 11 is 0. The van der Waals surface area contributed by atoms with Crippen molar-refractivity contribution in [3.8, 4) is 28.3 Å². The van der Waals surface area contributed by atoms with Crippen molar-refractivity contribution in [2.75, 3.05) is 11.3 Å². The summed E-state index contributed by atoms with van der Waals surface area (Å²) in [5, 5.41) is 7.40. The van der Waals surface area contributed by atoms with E-state index in [1.165, 1.54) is 12.1 Å². The van der Waals surface area contributed by atoms with Crippen LogP contribution in [-0.4, -0.2) is 52.0 Å². The number of hydrogen-bond acceptors (Lipinski definition) is 7. The first-order chi connectivity index (χ1) is 23.6. The van der Waals surface area contributed by atoms with E-state index in [1.807, 2.05) is 82.0 Å². The first kappa shape index (κ1) is 34.8. The van der Waals surface area contributed by atoms with Crippen molar-refractivity contribution < 1.29 is 17.9 Å². The Morgan fingerprint density at radius 1 is 0.900 bits per heavy atom. The van der Waals surface area contributed by atoms with Crippen LogP contribution in [0.1, 0.15) is 78.6 Å². The largest absolute Gasteiger partial charge is 0.475 e. The third-order valence-corrected chi connectivity index (χ3v) is 10.5. The third-order valence-electron chi connectivity index (χ3n) is 9.18. The van der Waals surface area contributed by atoms with Gasteiger partial charge in [-0.1, -0.05) is 69.3 Å². The highest BCUT2D eigenvalue weighted by atomic mass is 32.2. The average Bonchev–Trinajstić information content (AvgIpc) is 3.39. The van der Waals surface area contributed by atoms with Gasteiger partial charge in [0.2, 0.25) is 11.8 Å². The zero-order chi connectivity index (χ0) is 36.0. The number of anilines is 1. The molecule has 0 fully saturated rings. The minimum absolute atomic E-state index is 0.0682. The second-order valence-electron chi connectivity index (χ2n) is 14.4. The summed E-state index contributed by atoms with van der Waals surface area (Å²) in [6.07, 6.45) is 0.604. The van der Waals surface area contributed by atoms with Gasteiger partial charge in [-0.3, -0.25) is 9.89 Å². The molecule has 0 spiro atoms. The Bertz CT molecular complexity index is 2130. The van der Waals surface area contributed by atoms with Crippen LogP contribution in [0.5, 0.6) is 5.88 Å². The van der Waals surface area contributed by atoms with Crippen LogP contribution in [0.3, 0.4) is 0 Å². The van der Waals surface area contributed by atoms with Crippen molar-refractivity contribution in [1.29, 1.82) is 0 Å². The highest BCUT2D eigenvalue weighted by molar-refractivity contribution is 7.92. The van der Waals surface area contributed by atoms with Crippen molar-refractivity contribution in [3.05, 3.63) is 106 Å². The second-order valence-corrected chi connectivity index (χ2v) is 16.0. The number of aromatic amines is 1. The molecule has 0 saturated carbocycles. The smallest absolute Gasteiger partial charge is 0.264 e. The maximum atomic E-state index is 14.7. The van der Waals surface area contributed by atoms with Gasteiger partial charge in [0, 0.05) is 28.5 Å². The molecule has 0 aliphatic carbocycles. The lowest BCUT2D eigenvalue weighted by molar-refractivity contribution is 0.0416. The molecule has 5 aromatic rings. The molecule has 6 rings (SSSR count). The van der Waals surface area contributed by atoms with Crippen LogP contribution in [0.25, 0.3) is 22.4 Å². The Hall–Kier alpha value is -5.03. The molecule has 0 radical (unpaired) electrons. The van der Waals surface area contributed by atoms with E-state index < -0.39 is 22.1 Å². The molecule has 1 aliphatic rings. The minimum atomic E-state index is -4.18. The highest BCUT2D eigenvalue weighted by Crippen LogP contribution is 2.35. The molecule has 1 aliphatic heterocycles. The lowest BCUT2D eigenvalue weighted by atomic mass is 9.86. The first-order valence-electron chi connectivity index (χ1n) is 16.8. The number of benzene rings is 3. The Morgan fingerprint density at radius 3 is 2.22 bits per heavy atom. The number of carbonyl (C=O) groups is 1. The lowest BCUT2D eigenvalue weighted by Gasteiger charge is -2.39. The van der Waals surface area contributed by atoms with Gasteiger partial charge in [-0.15, -0.1) is 0 Å². The number of nitrogens with zero attached hydrogens (tertiary/aromatic N) is 4. The second kappa shape index (κ2) is 13.4. The zero-order valence-corrected chi connectivity index (χ0v) is 30.6. The van der Waals surface area contributed by atoms with E-state index in [1.54, 1.807) is 18.2 Å². The van der Waals surface area contributed by atoms with E-state index in [0.29, 0.717) is 12.1 Å². The molecule has 50 heavy (non-hydrogen) atoms. The highest BCUT2D eigenvalue weighted by Gasteiger charge is 2.35. The molecule has 1 amide bonds. The van der Waals surface area contributed by atoms with Crippen LogP contribution >= 0.6 is 0 Å². The quantitative estimate of drug-likeness (QED) is 0.191. The van der Waals surface area contributed by atoms with Gasteiger partial charge in [-0.2, -0.15) is 10.1 Å². The van der Waals surface area contributed by atoms with Crippen molar-refractivity contribution >= 4 is 21.9 Å². The summed E-state index contributed by atoms with van der Waals surface area (Å²) in [6, 6.07) is 21.1. The summed E-state index contributed by atoms with van der Waals surface area (Å²) in [5.41, 5.74) is 8.33. The SMILES string of the molecule is Cc1cccc(C)c1-c1cc2nc(n1)NS(=O)(=O)c1cccc(c1)C(=O)N([C@@H](C)c1ccc(-c3c(C)n[nH]c3C)cc1)[C@H](CC(C)(C)C)CO2. The topological polar surface area (TPSA) is 130 Å². The Kier molecular flexibility index (Phi) is 9.30. The van der Waals surface area contributed by atoms with E-state index >= 15 is 0 Å². The van der Waals surface area contributed by atoms with Crippen molar-refractivity contribution in [2.45, 2.75) is 78.8 Å². The van der Waals surface area contributed by atoms with E-state index in [2.05, 4.69) is 45.7 Å². The summed E-state index contributed by atoms with van der Waals surface area (Å²) < 4.78 is 36.5. The fourth-order valence-electron chi connectivity index (χ4n) is 6.86. The summed E-state index contributed by atoms with van der Waals surface area (Å²) in [5.74, 6) is -0.210. The maximum Gasteiger partial charge on any atom is 0.264 e. The predicted molar refractivity (Wildman–Crippen MR) is 196 cm³/mol. The Labute approximate surface area is 294 Å². The van der Waals surface area contributed by atoms with Gasteiger partial charge in [-0.05, 0) is 86.9 Å². The number of amides is 1. The lowest BCUT2D eigenvalue weighted by Crippen LogP contribution is -2.47. The normalized spacial score (nSPS) is 16.8. The van der Waals surface area contributed by atoms with E-state index in [9.17, 15) is 13.2 Å². The number of carbonyl (C=O) groups excluding carboxylic acids is 1. The molecule has 11 heteroatoms. The number of rotatable bonds is 5. The fraction of sp³-hybridized carbons (Fsp3) is 0.333. The van der Waals surface area contributed by atoms with Gasteiger partial charge in [-0.25, -0.2) is 18.1 Å². The van der Waals surface area contributed by atoms with Crippen LogP contribution in [-0.2, 0) is 10.0 Å². The number of nitrogens with one attached hydrogen (secondary N) is 2. The molecule has 3 heterocycles. The molecular weight excluding hydrogens is 649 g/mol. The molecular formula is C39H44N6O4S. The monoisotopic (exact) mass is 692 g/mol. The zero-order valence-electron chi connectivity index (χ0n) is 29.8. The fourth-order valence-corrected chi connectivity index (χ4v) is 7.85. The van der Waals surface area contributed by atoms with Gasteiger partial charge in [0.25, 0.3) is 15.9 Å². The molecule has 2 N–H and O–H groups in total. The van der Waals surface area contributed by atoms with Gasteiger partial charge in [0.1, 0.15) is 6.61 Å². The number of aryl methyl sites for hydroxylation is 4. The Balaban J connectivity index is 1.49. The standard InChI is InChI=1S/C39H44N6O4S/c1-23-11-9-12-24(2)35(23)33-20-34-41-38(40-33)44-50(47,48)32-14-10-13-30(19-32)37(46)45(31(22-49-34)21-39(6,7)8)27(5)28-15-17-29(18-16-28)36-25(3)42-43-26(36)4/h9-20,27,31H,21-22H2,1-8H3,(H,42,43)(H,40,41,44)/t27-,31+/m0/s1. The number of ether oxygens (including phenoxy) is 1. The predicted octanol–water partition coefficient (Wildman–Crippen LogP) is 7.97. The van der Waals surface area contributed by atoms with Crippen LogP contribution in [0.15, 0.2) is 77.7 Å². The molecule has 2 atom stereocenters. The number of H-pyrrole nitrogens is 1. The van der Waals surface area contributed by atoms with Crippen molar-refractivity contribution in [1.82, 2.24) is 25.1 Å². The summed E-state index contributed by atoms with van der Waals surface area (Å²) in [6.45, 7) is 16.4. The minimum Gasteiger partial charge on any atom is -0.475 e. The molecule has 10 nitrogen and oxygen atoms in total. The molecule has 260 valence electrons. The number of aromatic nitrogens is 4. The van der Waals surface area contributed by atoms with Crippen LogP contribution in [0.4, 0.5) is 5.95 Å². The van der Waals surface area contributed by atoms with Crippen LogP contribution in [0, 0.1) is 33.1 Å². The first-order valence-corrected chi connectivity index (χ1v) is 18.3. The Morgan fingerprint density at radius 2 is 1.58 bits per heavy atom. The van der Waals surface area contributed by atoms with Gasteiger partial charge in [0.05, 0.1) is 28.4 Å². The van der Waals surface area contributed by atoms with Crippen molar-refractivity contribution in [3.63, 3.8) is 0 Å². The average molecular weight is 693 g/mol. The molecule has 3 aromatic carbocycles. The number of fused-ring (bicyclic) bond motifs is 4. The van der Waals surface area contributed by atoms with Crippen molar-refractivity contribution in [2.24, 2.45) is 5.41 Å². The molecule has 0 saturated heterocycles. The number of hydrogen-bond donors (Lipinski definition) is 2. The van der Waals surface area contributed by atoms with E-state index in [4.69, 9.17) is 4.74 Å². The van der Waals surface area contributed by atoms with Crippen LogP contribution < -0.4 is 9.46 Å². The molecule has 0 unspecified atom stereocenters.